The van der Waals surface area contributed by atoms with E-state index in [0.717, 1.165) is 12.1 Å². The van der Waals surface area contributed by atoms with Gasteiger partial charge in [-0.2, -0.15) is 5.10 Å². The van der Waals surface area contributed by atoms with E-state index in [4.69, 9.17) is 0 Å². The van der Waals surface area contributed by atoms with E-state index >= 15 is 0 Å². The van der Waals surface area contributed by atoms with Crippen LogP contribution >= 0.6 is 0 Å². The van der Waals surface area contributed by atoms with Crippen molar-refractivity contribution in [3.63, 3.8) is 0 Å². The number of hydrogen-bond donors (Lipinski definition) is 1. The minimum atomic E-state index is 0.0699. The zero-order chi connectivity index (χ0) is 12.5. The summed E-state index contributed by atoms with van der Waals surface area (Å²) in [5.74, 6) is 0.713. The molecule has 17 heavy (non-hydrogen) atoms. The van der Waals surface area contributed by atoms with Gasteiger partial charge in [0, 0.05) is 12.1 Å². The molecule has 1 saturated carbocycles. The predicted octanol–water partition coefficient (Wildman–Crippen LogP) is 3.64. The molecule has 0 heterocycles. The molecule has 0 unspecified atom stereocenters. The van der Waals surface area contributed by atoms with Gasteiger partial charge in [0.15, 0.2) is 0 Å². The molecule has 3 heteroatoms. The molecule has 0 aromatic carbocycles. The number of unbranched alkanes of at least 4 members (excludes halogenated alkanes) is 5. The molecule has 1 N–H and O–H groups in total. The van der Waals surface area contributed by atoms with Crippen molar-refractivity contribution < 1.29 is 4.79 Å². The van der Waals surface area contributed by atoms with Crippen molar-refractivity contribution in [2.45, 2.75) is 71.6 Å². The van der Waals surface area contributed by atoms with Crippen LogP contribution in [0.5, 0.6) is 0 Å². The first kappa shape index (κ1) is 14.2. The monoisotopic (exact) mass is 238 g/mol. The lowest BCUT2D eigenvalue weighted by Gasteiger charge is -2.02. The highest BCUT2D eigenvalue weighted by molar-refractivity contribution is 5.87. The number of nitrogens with zero attached hydrogens (tertiary/aromatic N) is 1. The Balaban J connectivity index is 1.95. The smallest absolute Gasteiger partial charge is 0.240 e. The number of hydrogen-bond acceptors (Lipinski definition) is 2. The summed E-state index contributed by atoms with van der Waals surface area (Å²) in [7, 11) is 0. The van der Waals surface area contributed by atoms with Gasteiger partial charge in [0.2, 0.25) is 5.91 Å². The van der Waals surface area contributed by atoms with Gasteiger partial charge >= 0.3 is 0 Å². The van der Waals surface area contributed by atoms with Gasteiger partial charge in [-0.05, 0) is 32.1 Å². The lowest BCUT2D eigenvalue weighted by Crippen LogP contribution is -2.18. The van der Waals surface area contributed by atoms with Crippen LogP contribution in [-0.2, 0) is 4.79 Å². The van der Waals surface area contributed by atoms with Crippen molar-refractivity contribution in [3.05, 3.63) is 0 Å². The molecule has 0 aromatic rings. The summed E-state index contributed by atoms with van der Waals surface area (Å²) in [6.07, 6.45) is 10.4. The zero-order valence-corrected chi connectivity index (χ0v) is 11.3. The Bertz CT molecular complexity index is 257. The van der Waals surface area contributed by atoms with Crippen LogP contribution < -0.4 is 5.43 Å². The predicted molar refractivity (Wildman–Crippen MR) is 72.0 cm³/mol. The number of amides is 1. The van der Waals surface area contributed by atoms with Crippen LogP contribution in [0, 0.1) is 5.92 Å². The van der Waals surface area contributed by atoms with Crippen LogP contribution in [0.15, 0.2) is 5.10 Å². The molecule has 98 valence electrons. The molecule has 1 amide bonds. The van der Waals surface area contributed by atoms with Crippen molar-refractivity contribution in [2.24, 2.45) is 11.0 Å². The molecule has 0 radical (unpaired) electrons. The largest absolute Gasteiger partial charge is 0.273 e. The SMILES string of the molecule is CCCCCCCCC(=O)N/N=C(\C)C1CC1. The first-order valence-corrected chi connectivity index (χ1v) is 7.07. The molecule has 0 aromatic heterocycles. The van der Waals surface area contributed by atoms with Gasteiger partial charge in [-0.15, -0.1) is 0 Å². The normalized spacial score (nSPS) is 16.0. The second kappa shape index (κ2) is 8.26. The Morgan fingerprint density at radius 2 is 1.82 bits per heavy atom. The van der Waals surface area contributed by atoms with E-state index in [1.807, 2.05) is 6.92 Å². The van der Waals surface area contributed by atoms with Crippen molar-refractivity contribution >= 4 is 11.6 Å². The Kier molecular flexibility index (Phi) is 6.90. The summed E-state index contributed by atoms with van der Waals surface area (Å²) in [6, 6.07) is 0. The molecule has 0 aliphatic heterocycles. The molecule has 1 aliphatic carbocycles. The van der Waals surface area contributed by atoms with E-state index < -0.39 is 0 Å². The summed E-state index contributed by atoms with van der Waals surface area (Å²) in [5, 5.41) is 4.13. The Morgan fingerprint density at radius 1 is 1.18 bits per heavy atom. The van der Waals surface area contributed by atoms with Crippen LogP contribution in [0.2, 0.25) is 0 Å². The number of nitrogens with one attached hydrogen (secondary N) is 1. The van der Waals surface area contributed by atoms with E-state index in [2.05, 4.69) is 17.5 Å². The molecule has 0 saturated heterocycles. The Morgan fingerprint density at radius 3 is 2.47 bits per heavy atom. The second-order valence-corrected chi connectivity index (χ2v) is 5.08. The van der Waals surface area contributed by atoms with Crippen molar-refractivity contribution in [1.82, 2.24) is 5.43 Å². The van der Waals surface area contributed by atoms with Gasteiger partial charge in [-0.1, -0.05) is 39.0 Å². The molecular weight excluding hydrogens is 212 g/mol. The number of carbonyl (C=O) groups excluding carboxylic acids is 1. The topological polar surface area (TPSA) is 41.5 Å². The summed E-state index contributed by atoms with van der Waals surface area (Å²) < 4.78 is 0. The van der Waals surface area contributed by atoms with E-state index in [1.54, 1.807) is 0 Å². The van der Waals surface area contributed by atoms with E-state index in [1.165, 1.54) is 44.9 Å². The van der Waals surface area contributed by atoms with Gasteiger partial charge < -0.3 is 0 Å². The molecule has 1 fully saturated rings. The van der Waals surface area contributed by atoms with E-state index in [9.17, 15) is 4.79 Å². The van der Waals surface area contributed by atoms with E-state index in [0.29, 0.717) is 12.3 Å². The van der Waals surface area contributed by atoms with Crippen molar-refractivity contribution in [1.29, 1.82) is 0 Å². The Labute approximate surface area is 105 Å². The number of carbonyl (C=O) groups is 1. The molecule has 0 spiro atoms. The van der Waals surface area contributed by atoms with Crippen LogP contribution in [0.3, 0.4) is 0 Å². The maximum absolute atomic E-state index is 11.5. The summed E-state index contributed by atoms with van der Waals surface area (Å²) in [4.78, 5) is 11.5. The van der Waals surface area contributed by atoms with Gasteiger partial charge in [-0.25, -0.2) is 5.43 Å². The quantitative estimate of drug-likeness (QED) is 0.372. The molecule has 0 atom stereocenters. The molecule has 1 rings (SSSR count). The third kappa shape index (κ3) is 7.14. The van der Waals surface area contributed by atoms with Crippen LogP contribution in [0.25, 0.3) is 0 Å². The standard InChI is InChI=1S/C14H26N2O/c1-3-4-5-6-7-8-9-14(17)16-15-12(2)13-10-11-13/h13H,3-11H2,1-2H3,(H,16,17)/b15-12+. The average molecular weight is 238 g/mol. The highest BCUT2D eigenvalue weighted by Crippen LogP contribution is 2.30. The van der Waals surface area contributed by atoms with E-state index in [-0.39, 0.29) is 5.91 Å². The minimum Gasteiger partial charge on any atom is -0.273 e. The third-order valence-electron chi connectivity index (χ3n) is 3.28. The van der Waals surface area contributed by atoms with Gasteiger partial charge in [0.05, 0.1) is 0 Å². The fourth-order valence-electron chi connectivity index (χ4n) is 1.86. The van der Waals surface area contributed by atoms with Crippen molar-refractivity contribution in [2.75, 3.05) is 0 Å². The lowest BCUT2D eigenvalue weighted by molar-refractivity contribution is -0.121. The van der Waals surface area contributed by atoms with Gasteiger partial charge in [-0.3, -0.25) is 4.79 Å². The minimum absolute atomic E-state index is 0.0699. The molecule has 0 bridgehead atoms. The van der Waals surface area contributed by atoms with Crippen molar-refractivity contribution in [3.8, 4) is 0 Å². The molecular formula is C14H26N2O. The van der Waals surface area contributed by atoms with Gasteiger partial charge in [0.25, 0.3) is 0 Å². The number of hydrazone groups is 1. The van der Waals surface area contributed by atoms with Crippen LogP contribution in [0.1, 0.15) is 71.6 Å². The van der Waals surface area contributed by atoms with Gasteiger partial charge in [0.1, 0.15) is 0 Å². The number of rotatable bonds is 9. The highest BCUT2D eigenvalue weighted by atomic mass is 16.2. The first-order valence-electron chi connectivity index (χ1n) is 7.07. The first-order chi connectivity index (χ1) is 8.24. The van der Waals surface area contributed by atoms with Crippen LogP contribution in [0.4, 0.5) is 0 Å². The second-order valence-electron chi connectivity index (χ2n) is 5.08. The summed E-state index contributed by atoms with van der Waals surface area (Å²) >= 11 is 0. The molecule has 1 aliphatic rings. The maximum atomic E-state index is 11.5. The fraction of sp³-hybridized carbons (Fsp3) is 0.857. The maximum Gasteiger partial charge on any atom is 0.240 e. The molecule has 3 nitrogen and oxygen atoms in total. The van der Waals surface area contributed by atoms with Crippen LogP contribution in [-0.4, -0.2) is 11.6 Å². The Hall–Kier alpha value is -0.860. The third-order valence-corrected chi connectivity index (χ3v) is 3.28. The highest BCUT2D eigenvalue weighted by Gasteiger charge is 2.24. The average Bonchev–Trinajstić information content (AvgIpc) is 3.14. The fourth-order valence-corrected chi connectivity index (χ4v) is 1.86. The summed E-state index contributed by atoms with van der Waals surface area (Å²) in [5.41, 5.74) is 3.74. The zero-order valence-electron chi connectivity index (χ0n) is 11.3. The summed E-state index contributed by atoms with van der Waals surface area (Å²) in [6.45, 7) is 4.22. The lowest BCUT2D eigenvalue weighted by atomic mass is 10.1.